The van der Waals surface area contributed by atoms with Gasteiger partial charge in [-0.2, -0.15) is 0 Å². The Morgan fingerprint density at radius 1 is 0.833 bits per heavy atom. The first kappa shape index (κ1) is 10.9. The Labute approximate surface area is 107 Å². The summed E-state index contributed by atoms with van der Waals surface area (Å²) in [7, 11) is 4.14. The fraction of sp³-hybridized carbons (Fsp3) is 0.125. The van der Waals surface area contributed by atoms with E-state index in [2.05, 4.69) is 78.4 Å². The lowest BCUT2D eigenvalue weighted by molar-refractivity contribution is 0.769. The maximum Gasteiger partial charge on any atom is 0.0707 e. The minimum Gasteiger partial charge on any atom is -0.318 e. The summed E-state index contributed by atoms with van der Waals surface area (Å²) in [5, 5.41) is 3.38. The van der Waals surface area contributed by atoms with Crippen LogP contribution in [-0.2, 0) is 0 Å². The van der Waals surface area contributed by atoms with Crippen LogP contribution >= 0.6 is 0 Å². The van der Waals surface area contributed by atoms with Gasteiger partial charge >= 0.3 is 0 Å². The van der Waals surface area contributed by atoms with E-state index in [4.69, 9.17) is 0 Å². The minimum absolute atomic E-state index is 1.22. The minimum atomic E-state index is 1.22. The van der Waals surface area contributed by atoms with Crippen LogP contribution in [0.4, 0.5) is 0 Å². The number of rotatable bonds is 2. The van der Waals surface area contributed by atoms with Crippen molar-refractivity contribution in [2.45, 2.75) is 0 Å². The van der Waals surface area contributed by atoms with E-state index < -0.39 is 0 Å². The van der Waals surface area contributed by atoms with Gasteiger partial charge in [0.05, 0.1) is 11.2 Å². The molecule has 0 aliphatic heterocycles. The van der Waals surface area contributed by atoms with Crippen LogP contribution in [0.25, 0.3) is 22.2 Å². The van der Waals surface area contributed by atoms with Gasteiger partial charge in [0.15, 0.2) is 0 Å². The number of nitrogens with zero attached hydrogens (tertiary/aromatic N) is 2. The number of para-hydroxylation sites is 1. The van der Waals surface area contributed by atoms with Gasteiger partial charge in [-0.05, 0) is 12.1 Å². The molecule has 0 atom stereocenters. The molecule has 2 nitrogen and oxygen atoms in total. The van der Waals surface area contributed by atoms with Gasteiger partial charge in [0.1, 0.15) is 0 Å². The Balaban J connectivity index is 2.32. The zero-order chi connectivity index (χ0) is 12.5. The van der Waals surface area contributed by atoms with Gasteiger partial charge in [-0.15, -0.1) is 0 Å². The van der Waals surface area contributed by atoms with E-state index in [0.717, 1.165) is 0 Å². The number of hydrogen-bond acceptors (Lipinski definition) is 1. The summed E-state index contributed by atoms with van der Waals surface area (Å²) >= 11 is 0. The average Bonchev–Trinajstić information content (AvgIpc) is 2.79. The number of fused-ring (bicyclic) bond motifs is 1. The van der Waals surface area contributed by atoms with E-state index in [0.29, 0.717) is 0 Å². The molecule has 0 bridgehead atoms. The van der Waals surface area contributed by atoms with Crippen molar-refractivity contribution in [1.29, 1.82) is 0 Å². The molecule has 1 heterocycles. The molecule has 0 amide bonds. The summed E-state index contributed by atoms with van der Waals surface area (Å²) in [6, 6.07) is 21.2. The van der Waals surface area contributed by atoms with Crippen LogP contribution in [0.5, 0.6) is 0 Å². The largest absolute Gasteiger partial charge is 0.318 e. The lowest BCUT2D eigenvalue weighted by atomic mass is 10.1. The van der Waals surface area contributed by atoms with Gasteiger partial charge in [-0.3, -0.25) is 4.68 Å². The molecule has 1 aromatic heterocycles. The molecule has 0 fully saturated rings. The zero-order valence-corrected chi connectivity index (χ0v) is 10.7. The molecule has 90 valence electrons. The maximum atomic E-state index is 2.24. The summed E-state index contributed by atoms with van der Waals surface area (Å²) < 4.78 is 2.24. The quantitative estimate of drug-likeness (QED) is 0.661. The fourth-order valence-corrected chi connectivity index (χ4v) is 2.39. The van der Waals surface area contributed by atoms with E-state index in [1.54, 1.807) is 0 Å². The Kier molecular flexibility index (Phi) is 2.56. The van der Waals surface area contributed by atoms with E-state index in [1.807, 2.05) is 6.07 Å². The van der Waals surface area contributed by atoms with Crippen LogP contribution in [0.3, 0.4) is 0 Å². The molecule has 0 spiro atoms. The van der Waals surface area contributed by atoms with Gasteiger partial charge in [0.2, 0.25) is 0 Å². The van der Waals surface area contributed by atoms with Crippen molar-refractivity contribution in [2.24, 2.45) is 0 Å². The van der Waals surface area contributed by atoms with Crippen molar-refractivity contribution in [3.63, 3.8) is 0 Å². The van der Waals surface area contributed by atoms with Crippen molar-refractivity contribution >= 4 is 10.9 Å². The first-order chi connectivity index (χ1) is 8.77. The average molecular weight is 236 g/mol. The van der Waals surface area contributed by atoms with Crippen LogP contribution in [0, 0.1) is 0 Å². The normalized spacial score (nSPS) is 10.8. The van der Waals surface area contributed by atoms with Gasteiger partial charge < -0.3 is 5.01 Å². The third-order valence-electron chi connectivity index (χ3n) is 3.15. The van der Waals surface area contributed by atoms with Gasteiger partial charge in [0, 0.05) is 25.0 Å². The number of benzene rings is 2. The lowest BCUT2D eigenvalue weighted by Gasteiger charge is -2.19. The molecule has 0 saturated carbocycles. The molecule has 0 N–H and O–H groups in total. The molecule has 2 aromatic carbocycles. The highest BCUT2D eigenvalue weighted by molar-refractivity contribution is 5.87. The summed E-state index contributed by atoms with van der Waals surface area (Å²) in [6.07, 6.45) is 0. The third-order valence-corrected chi connectivity index (χ3v) is 3.15. The monoisotopic (exact) mass is 236 g/mol. The molecule has 0 unspecified atom stereocenters. The third kappa shape index (κ3) is 1.66. The molecular formula is C16H16N2. The standard InChI is InChI=1S/C16H16N2/c1-17(2)18-15-11-7-6-10-14(15)12-16(18)13-8-4-3-5-9-13/h3-12H,1-2H3. The molecule has 3 rings (SSSR count). The Morgan fingerprint density at radius 3 is 2.22 bits per heavy atom. The fourth-order valence-electron chi connectivity index (χ4n) is 2.39. The molecule has 0 saturated heterocycles. The molecule has 0 aliphatic rings. The smallest absolute Gasteiger partial charge is 0.0707 e. The molecule has 3 aromatic rings. The Bertz CT molecular complexity index is 666. The van der Waals surface area contributed by atoms with Crippen LogP contribution in [0.2, 0.25) is 0 Å². The van der Waals surface area contributed by atoms with Crippen molar-refractivity contribution < 1.29 is 0 Å². The predicted octanol–water partition coefficient (Wildman–Crippen LogP) is 3.51. The lowest BCUT2D eigenvalue weighted by Crippen LogP contribution is -2.25. The van der Waals surface area contributed by atoms with Crippen LogP contribution in [0.1, 0.15) is 0 Å². The first-order valence-corrected chi connectivity index (χ1v) is 6.11. The van der Waals surface area contributed by atoms with Crippen LogP contribution in [-0.4, -0.2) is 18.8 Å². The second-order valence-electron chi connectivity index (χ2n) is 4.61. The molecule has 18 heavy (non-hydrogen) atoms. The first-order valence-electron chi connectivity index (χ1n) is 6.11. The van der Waals surface area contributed by atoms with Crippen molar-refractivity contribution in [3.05, 3.63) is 60.7 Å². The summed E-state index contributed by atoms with van der Waals surface area (Å²) in [6.45, 7) is 0. The van der Waals surface area contributed by atoms with E-state index in [9.17, 15) is 0 Å². The Morgan fingerprint density at radius 2 is 1.50 bits per heavy atom. The highest BCUT2D eigenvalue weighted by Gasteiger charge is 2.10. The van der Waals surface area contributed by atoms with Gasteiger partial charge in [0.25, 0.3) is 0 Å². The highest BCUT2D eigenvalue weighted by Crippen LogP contribution is 2.27. The topological polar surface area (TPSA) is 8.17 Å². The number of aromatic nitrogens is 1. The Hall–Kier alpha value is -2.22. The van der Waals surface area contributed by atoms with Crippen LogP contribution in [0.15, 0.2) is 60.7 Å². The van der Waals surface area contributed by atoms with E-state index >= 15 is 0 Å². The molecular weight excluding hydrogens is 220 g/mol. The number of hydrogen-bond donors (Lipinski definition) is 0. The van der Waals surface area contributed by atoms with Gasteiger partial charge in [-0.25, -0.2) is 0 Å². The highest BCUT2D eigenvalue weighted by atomic mass is 15.5. The van der Waals surface area contributed by atoms with Gasteiger partial charge in [-0.1, -0.05) is 48.5 Å². The van der Waals surface area contributed by atoms with Crippen LogP contribution < -0.4 is 5.01 Å². The predicted molar refractivity (Wildman–Crippen MR) is 77.4 cm³/mol. The van der Waals surface area contributed by atoms with E-state index in [1.165, 1.54) is 22.2 Å². The van der Waals surface area contributed by atoms with E-state index in [-0.39, 0.29) is 0 Å². The maximum absolute atomic E-state index is 2.24. The molecule has 0 radical (unpaired) electrons. The van der Waals surface area contributed by atoms with Crippen molar-refractivity contribution in [1.82, 2.24) is 4.68 Å². The molecule has 0 aliphatic carbocycles. The molecule has 2 heteroatoms. The SMILES string of the molecule is CN(C)n1c(-c2ccccc2)cc2ccccc21. The summed E-state index contributed by atoms with van der Waals surface area (Å²) in [5.74, 6) is 0. The second kappa shape index (κ2) is 4.22. The van der Waals surface area contributed by atoms with Crippen molar-refractivity contribution in [2.75, 3.05) is 19.1 Å². The van der Waals surface area contributed by atoms with Crippen molar-refractivity contribution in [3.8, 4) is 11.3 Å². The zero-order valence-electron chi connectivity index (χ0n) is 10.7. The summed E-state index contributed by atoms with van der Waals surface area (Å²) in [5.41, 5.74) is 3.70. The summed E-state index contributed by atoms with van der Waals surface area (Å²) in [4.78, 5) is 0. The second-order valence-corrected chi connectivity index (χ2v) is 4.61.